The number of piperidine rings is 1. The van der Waals surface area contributed by atoms with E-state index < -0.39 is 31.7 Å². The third-order valence-corrected chi connectivity index (χ3v) is 5.38. The van der Waals surface area contributed by atoms with Crippen molar-refractivity contribution >= 4 is 26.0 Å². The molecule has 8 nitrogen and oxygen atoms in total. The van der Waals surface area contributed by atoms with Gasteiger partial charge in [0.25, 0.3) is 0 Å². The first-order valence-corrected chi connectivity index (χ1v) is 9.30. The minimum atomic E-state index is -3.61. The molecule has 1 unspecified atom stereocenters. The first-order valence-electron chi connectivity index (χ1n) is 5.80. The van der Waals surface area contributed by atoms with Crippen LogP contribution in [0.4, 0.5) is 0 Å². The number of amides is 1. The lowest BCUT2D eigenvalue weighted by atomic mass is 10.1. The van der Waals surface area contributed by atoms with Gasteiger partial charge in [-0.25, -0.2) is 25.9 Å². The van der Waals surface area contributed by atoms with Crippen LogP contribution in [0, 0.1) is 0 Å². The van der Waals surface area contributed by atoms with Gasteiger partial charge in [0, 0.05) is 19.1 Å². The second-order valence-electron chi connectivity index (χ2n) is 4.49. The van der Waals surface area contributed by atoms with Crippen molar-refractivity contribution < 1.29 is 21.6 Å². The molecule has 10 heteroatoms. The van der Waals surface area contributed by atoms with Gasteiger partial charge in [-0.3, -0.25) is 4.79 Å². The predicted octanol–water partition coefficient (Wildman–Crippen LogP) is -1.92. The molecule has 0 saturated carbocycles. The normalized spacial score (nSPS) is 22.1. The molecule has 0 aromatic heterocycles. The van der Waals surface area contributed by atoms with Crippen molar-refractivity contribution in [3.05, 3.63) is 0 Å². The summed E-state index contributed by atoms with van der Waals surface area (Å²) in [7, 11) is -5.66. The highest BCUT2D eigenvalue weighted by Crippen LogP contribution is 2.12. The van der Waals surface area contributed by atoms with Crippen molar-refractivity contribution in [1.29, 1.82) is 0 Å². The minimum Gasteiger partial charge on any atom is -0.351 e. The quantitative estimate of drug-likeness (QED) is 0.614. The topological polar surface area (TPSA) is 113 Å². The first-order chi connectivity index (χ1) is 8.64. The van der Waals surface area contributed by atoms with Crippen LogP contribution in [-0.4, -0.2) is 65.2 Å². The maximum absolute atomic E-state index is 11.5. The number of hydrogen-bond donors (Lipinski definition) is 2. The van der Waals surface area contributed by atoms with Gasteiger partial charge in [-0.05, 0) is 19.9 Å². The maximum atomic E-state index is 11.5. The van der Waals surface area contributed by atoms with E-state index in [9.17, 15) is 21.6 Å². The van der Waals surface area contributed by atoms with Crippen molar-refractivity contribution in [2.75, 3.05) is 32.1 Å². The number of carbonyl (C=O) groups excluding carboxylic acids is 1. The van der Waals surface area contributed by atoms with E-state index in [0.717, 1.165) is 6.26 Å². The molecule has 0 bridgehead atoms. The Hall–Kier alpha value is -0.710. The van der Waals surface area contributed by atoms with E-state index in [2.05, 4.69) is 5.32 Å². The van der Waals surface area contributed by atoms with E-state index in [0.29, 0.717) is 19.4 Å². The van der Waals surface area contributed by atoms with Gasteiger partial charge in [-0.15, -0.1) is 0 Å². The third kappa shape index (κ3) is 5.43. The van der Waals surface area contributed by atoms with Crippen LogP contribution in [0.15, 0.2) is 0 Å². The van der Waals surface area contributed by atoms with E-state index in [1.807, 2.05) is 4.72 Å². The summed E-state index contributed by atoms with van der Waals surface area (Å²) in [6.07, 6.45) is 2.39. The number of hydrogen-bond acceptors (Lipinski definition) is 5. The zero-order chi connectivity index (χ0) is 14.7. The largest absolute Gasteiger partial charge is 0.351 e. The zero-order valence-corrected chi connectivity index (χ0v) is 12.6. The van der Waals surface area contributed by atoms with E-state index in [1.54, 1.807) is 0 Å². The van der Waals surface area contributed by atoms with E-state index in [-0.39, 0.29) is 12.6 Å². The molecule has 0 radical (unpaired) electrons. The number of nitrogens with zero attached hydrogens (tertiary/aromatic N) is 1. The molecule has 1 saturated heterocycles. The molecule has 112 valence electrons. The van der Waals surface area contributed by atoms with Gasteiger partial charge in [0.15, 0.2) is 0 Å². The first kappa shape index (κ1) is 16.3. The lowest BCUT2D eigenvalue weighted by molar-refractivity contribution is -0.119. The molecule has 1 fully saturated rings. The number of carbonyl (C=O) groups is 1. The standard InChI is InChI=1S/C9H19N3O5S2/c1-10-19(16,17)7-9(13)11-8-4-3-5-12(6-8)18(2,14)15/h8,10H,3-7H2,1-2H3,(H,11,13). The third-order valence-electron chi connectivity index (χ3n) is 2.85. The van der Waals surface area contributed by atoms with Crippen molar-refractivity contribution in [3.63, 3.8) is 0 Å². The van der Waals surface area contributed by atoms with Gasteiger partial charge in [-0.2, -0.15) is 0 Å². The number of nitrogens with one attached hydrogen (secondary N) is 2. The fourth-order valence-electron chi connectivity index (χ4n) is 1.88. The van der Waals surface area contributed by atoms with Crippen LogP contribution in [0.3, 0.4) is 0 Å². The van der Waals surface area contributed by atoms with Crippen molar-refractivity contribution in [2.45, 2.75) is 18.9 Å². The molecule has 0 aromatic rings. The Kier molecular flexibility index (Phi) is 5.30. The minimum absolute atomic E-state index is 0.185. The lowest BCUT2D eigenvalue weighted by Gasteiger charge is -2.31. The fraction of sp³-hybridized carbons (Fsp3) is 0.889. The molecule has 0 aromatic carbocycles. The van der Waals surface area contributed by atoms with Crippen LogP contribution < -0.4 is 10.0 Å². The molecule has 0 aliphatic carbocycles. The van der Waals surface area contributed by atoms with Crippen LogP contribution in [0.25, 0.3) is 0 Å². The Balaban J connectivity index is 2.56. The highest BCUT2D eigenvalue weighted by molar-refractivity contribution is 7.90. The summed E-state index contributed by atoms with van der Waals surface area (Å²) in [6, 6.07) is -0.344. The molecule has 1 aliphatic heterocycles. The number of sulfonamides is 2. The van der Waals surface area contributed by atoms with Crippen LogP contribution in [0.1, 0.15) is 12.8 Å². The van der Waals surface area contributed by atoms with E-state index >= 15 is 0 Å². The Morgan fingerprint density at radius 2 is 1.95 bits per heavy atom. The SMILES string of the molecule is CNS(=O)(=O)CC(=O)NC1CCCN(S(C)(=O)=O)C1. The lowest BCUT2D eigenvalue weighted by Crippen LogP contribution is -2.50. The van der Waals surface area contributed by atoms with Gasteiger partial charge < -0.3 is 5.32 Å². The Bertz CT molecular complexity index is 528. The predicted molar refractivity (Wildman–Crippen MR) is 70.4 cm³/mol. The van der Waals surface area contributed by atoms with Gasteiger partial charge >= 0.3 is 0 Å². The molecule has 1 rings (SSSR count). The van der Waals surface area contributed by atoms with Crippen LogP contribution in [-0.2, 0) is 24.8 Å². The molecule has 2 N–H and O–H groups in total. The number of rotatable bonds is 5. The van der Waals surface area contributed by atoms with Crippen molar-refractivity contribution in [2.24, 2.45) is 0 Å². The van der Waals surface area contributed by atoms with Gasteiger partial charge in [0.1, 0.15) is 5.75 Å². The fourth-order valence-corrected chi connectivity index (χ4v) is 3.36. The molecular formula is C9H19N3O5S2. The molecule has 1 atom stereocenters. The van der Waals surface area contributed by atoms with Gasteiger partial charge in [0.2, 0.25) is 26.0 Å². The van der Waals surface area contributed by atoms with Gasteiger partial charge in [0.05, 0.1) is 6.26 Å². The molecule has 19 heavy (non-hydrogen) atoms. The molecular weight excluding hydrogens is 294 g/mol. The van der Waals surface area contributed by atoms with Crippen molar-refractivity contribution in [1.82, 2.24) is 14.3 Å². The zero-order valence-electron chi connectivity index (χ0n) is 10.9. The van der Waals surface area contributed by atoms with Crippen molar-refractivity contribution in [3.8, 4) is 0 Å². The molecule has 0 spiro atoms. The van der Waals surface area contributed by atoms with Crippen LogP contribution in [0.2, 0.25) is 0 Å². The summed E-state index contributed by atoms with van der Waals surface area (Å²) in [4.78, 5) is 11.5. The van der Waals surface area contributed by atoms with E-state index in [1.165, 1.54) is 11.4 Å². The van der Waals surface area contributed by atoms with Crippen LogP contribution >= 0.6 is 0 Å². The summed E-state index contributed by atoms with van der Waals surface area (Å²) in [5.74, 6) is -1.28. The average molecular weight is 313 g/mol. The summed E-state index contributed by atoms with van der Waals surface area (Å²) in [5, 5.41) is 2.55. The highest BCUT2D eigenvalue weighted by Gasteiger charge is 2.27. The van der Waals surface area contributed by atoms with E-state index in [4.69, 9.17) is 0 Å². The van der Waals surface area contributed by atoms with Gasteiger partial charge in [-0.1, -0.05) is 0 Å². The molecule has 1 heterocycles. The molecule has 1 aliphatic rings. The Morgan fingerprint density at radius 3 is 2.47 bits per heavy atom. The monoisotopic (exact) mass is 313 g/mol. The Labute approximate surface area is 113 Å². The summed E-state index contributed by atoms with van der Waals surface area (Å²) in [5.41, 5.74) is 0. The van der Waals surface area contributed by atoms with Crippen LogP contribution in [0.5, 0.6) is 0 Å². The average Bonchev–Trinajstić information content (AvgIpc) is 2.27. The Morgan fingerprint density at radius 1 is 1.32 bits per heavy atom. The summed E-state index contributed by atoms with van der Waals surface area (Å²) in [6.45, 7) is 0.615. The smallest absolute Gasteiger partial charge is 0.236 e. The maximum Gasteiger partial charge on any atom is 0.236 e. The molecule has 1 amide bonds. The second kappa shape index (κ2) is 6.16. The summed E-state index contributed by atoms with van der Waals surface area (Å²) < 4.78 is 48.5. The highest BCUT2D eigenvalue weighted by atomic mass is 32.2. The summed E-state index contributed by atoms with van der Waals surface area (Å²) >= 11 is 0. The second-order valence-corrected chi connectivity index (χ2v) is 8.40.